The third kappa shape index (κ3) is 6.52. The number of benzene rings is 2. The minimum Gasteiger partial charge on any atom is -0.378 e. The van der Waals surface area contributed by atoms with Crippen molar-refractivity contribution in [3.05, 3.63) is 99.2 Å². The van der Waals surface area contributed by atoms with Crippen LogP contribution in [0.25, 0.3) is 11.3 Å². The zero-order valence-electron chi connectivity index (χ0n) is 24.2. The van der Waals surface area contributed by atoms with Gasteiger partial charge in [0.2, 0.25) is 0 Å². The zero-order valence-corrected chi connectivity index (χ0v) is 24.2. The second-order valence-corrected chi connectivity index (χ2v) is 11.1. The number of aliphatic hydroxyl groups is 1. The molecular formula is C31H33FN6O4. The molecule has 218 valence electrons. The van der Waals surface area contributed by atoms with Gasteiger partial charge in [-0.25, -0.2) is 14.5 Å². The van der Waals surface area contributed by atoms with E-state index in [1.54, 1.807) is 19.1 Å². The van der Waals surface area contributed by atoms with Crippen molar-refractivity contribution < 1.29 is 19.1 Å². The average molecular weight is 573 g/mol. The number of H-pyrrole nitrogens is 1. The number of rotatable bonds is 7. The first-order valence-corrected chi connectivity index (χ1v) is 13.2. The van der Waals surface area contributed by atoms with Gasteiger partial charge in [0.15, 0.2) is 6.10 Å². The first-order chi connectivity index (χ1) is 19.8. The second-order valence-electron chi connectivity index (χ2n) is 11.1. The number of hydrogen-bond acceptors (Lipinski definition) is 7. The fraction of sp³-hybridized carbons (Fsp3) is 0.258. The van der Waals surface area contributed by atoms with Crippen LogP contribution < -0.4 is 16.2 Å². The number of halogens is 1. The van der Waals surface area contributed by atoms with Gasteiger partial charge in [0.1, 0.15) is 17.3 Å². The van der Waals surface area contributed by atoms with Gasteiger partial charge in [-0.1, -0.05) is 39.0 Å². The Balaban J connectivity index is 1.58. The zero-order chi connectivity index (χ0) is 30.8. The Labute approximate surface area is 242 Å². The molecule has 0 fully saturated rings. The summed E-state index contributed by atoms with van der Waals surface area (Å²) < 4.78 is 14.9. The highest BCUT2D eigenvalue weighted by atomic mass is 19.1. The largest absolute Gasteiger partial charge is 0.378 e. The highest BCUT2D eigenvalue weighted by Crippen LogP contribution is 2.31. The van der Waals surface area contributed by atoms with Crippen molar-refractivity contribution in [2.45, 2.75) is 39.2 Å². The van der Waals surface area contributed by atoms with Crippen molar-refractivity contribution in [2.24, 2.45) is 0 Å². The van der Waals surface area contributed by atoms with Gasteiger partial charge in [0, 0.05) is 37.0 Å². The Morgan fingerprint density at radius 1 is 1.05 bits per heavy atom. The predicted octanol–water partition coefficient (Wildman–Crippen LogP) is 4.69. The van der Waals surface area contributed by atoms with E-state index in [9.17, 15) is 23.9 Å². The molecule has 4 N–H and O–H groups in total. The van der Waals surface area contributed by atoms with Crippen LogP contribution in [0.4, 0.5) is 21.6 Å². The number of aromatic nitrogens is 3. The first kappa shape index (κ1) is 30.1. The van der Waals surface area contributed by atoms with Gasteiger partial charge < -0.3 is 20.6 Å². The van der Waals surface area contributed by atoms with Crippen molar-refractivity contribution in [2.75, 3.05) is 24.7 Å². The van der Waals surface area contributed by atoms with Gasteiger partial charge in [0.25, 0.3) is 17.4 Å². The lowest BCUT2D eigenvalue weighted by atomic mass is 9.86. The number of nitrogens with zero attached hydrogens (tertiary/aromatic N) is 3. The van der Waals surface area contributed by atoms with Crippen LogP contribution in [0.3, 0.4) is 0 Å². The van der Waals surface area contributed by atoms with E-state index >= 15 is 0 Å². The maximum atomic E-state index is 14.9. The van der Waals surface area contributed by atoms with Crippen LogP contribution >= 0.6 is 0 Å². The smallest absolute Gasteiger partial charge is 0.287 e. The number of nitrogens with one attached hydrogen (secondary N) is 3. The summed E-state index contributed by atoms with van der Waals surface area (Å²) in [5.41, 5.74) is 2.50. The third-order valence-corrected chi connectivity index (χ3v) is 6.78. The molecule has 0 aliphatic rings. The van der Waals surface area contributed by atoms with Crippen molar-refractivity contribution in [1.29, 1.82) is 0 Å². The fourth-order valence-corrected chi connectivity index (χ4v) is 4.22. The van der Waals surface area contributed by atoms with Crippen LogP contribution in [0.2, 0.25) is 0 Å². The van der Waals surface area contributed by atoms with E-state index in [2.05, 4.69) is 46.6 Å². The minimum absolute atomic E-state index is 0.00277. The molecule has 2 aromatic heterocycles. The van der Waals surface area contributed by atoms with E-state index in [0.717, 1.165) is 5.56 Å². The van der Waals surface area contributed by atoms with Crippen molar-refractivity contribution in [1.82, 2.24) is 20.1 Å². The molecule has 0 bridgehead atoms. The number of hydrogen-bond donors (Lipinski definition) is 4. The number of carbonyl (C=O) groups is 2. The molecule has 11 heteroatoms. The van der Waals surface area contributed by atoms with Crippen LogP contribution in [0.1, 0.15) is 53.9 Å². The number of aliphatic hydroxyl groups excluding tert-OH is 1. The van der Waals surface area contributed by atoms with Crippen LogP contribution in [-0.4, -0.2) is 51.1 Å². The molecule has 0 aliphatic carbocycles. The van der Waals surface area contributed by atoms with Gasteiger partial charge >= 0.3 is 0 Å². The fourth-order valence-electron chi connectivity index (χ4n) is 4.22. The van der Waals surface area contributed by atoms with Gasteiger partial charge in [-0.2, -0.15) is 5.10 Å². The van der Waals surface area contributed by atoms with Crippen molar-refractivity contribution >= 4 is 29.0 Å². The molecule has 4 aromatic rings. The summed E-state index contributed by atoms with van der Waals surface area (Å²) in [4.78, 5) is 43.0. The molecule has 1 atom stereocenters. The predicted molar refractivity (Wildman–Crippen MR) is 159 cm³/mol. The number of amides is 2. The first-order valence-electron chi connectivity index (χ1n) is 13.2. The van der Waals surface area contributed by atoms with E-state index in [1.165, 1.54) is 55.5 Å². The molecule has 0 aliphatic heterocycles. The lowest BCUT2D eigenvalue weighted by Gasteiger charge is -2.19. The number of carbonyl (C=O) groups excluding carboxylic acids is 2. The molecule has 10 nitrogen and oxygen atoms in total. The summed E-state index contributed by atoms with van der Waals surface area (Å²) in [7, 11) is 3.07. The molecular weight excluding hydrogens is 539 g/mol. The molecule has 1 unspecified atom stereocenters. The average Bonchev–Trinajstić information content (AvgIpc) is 2.95. The summed E-state index contributed by atoms with van der Waals surface area (Å²) in [5.74, 6) is -1.28. The van der Waals surface area contributed by atoms with Crippen LogP contribution in [0.5, 0.6) is 0 Å². The molecule has 2 heterocycles. The van der Waals surface area contributed by atoms with Crippen molar-refractivity contribution in [3.63, 3.8) is 0 Å². The lowest BCUT2D eigenvalue weighted by molar-refractivity contribution is -0.137. The van der Waals surface area contributed by atoms with Crippen LogP contribution in [0, 0.1) is 12.7 Å². The molecule has 2 aromatic carbocycles. The topological polar surface area (TPSA) is 140 Å². The third-order valence-electron chi connectivity index (χ3n) is 6.78. The number of pyridine rings is 1. The second kappa shape index (κ2) is 11.9. The monoisotopic (exact) mass is 572 g/mol. The molecule has 0 radical (unpaired) electrons. The summed E-state index contributed by atoms with van der Waals surface area (Å²) in [6.45, 7) is 7.88. The van der Waals surface area contributed by atoms with Gasteiger partial charge in [-0.05, 0) is 59.9 Å². The Kier molecular flexibility index (Phi) is 8.53. The van der Waals surface area contributed by atoms with Gasteiger partial charge in [0.05, 0.1) is 11.4 Å². The summed E-state index contributed by atoms with van der Waals surface area (Å²) >= 11 is 0. The van der Waals surface area contributed by atoms with E-state index in [4.69, 9.17) is 0 Å². The van der Waals surface area contributed by atoms with Crippen molar-refractivity contribution in [3.8, 4) is 11.3 Å². The highest BCUT2D eigenvalue weighted by molar-refractivity contribution is 6.05. The van der Waals surface area contributed by atoms with Crippen LogP contribution in [-0.2, 0) is 10.2 Å². The molecule has 42 heavy (non-hydrogen) atoms. The van der Waals surface area contributed by atoms with E-state index in [0.29, 0.717) is 27.9 Å². The molecule has 0 saturated heterocycles. The molecule has 0 saturated carbocycles. The van der Waals surface area contributed by atoms with Crippen LogP contribution in [0.15, 0.2) is 65.6 Å². The molecule has 2 amide bonds. The Hall–Kier alpha value is -4.90. The van der Waals surface area contributed by atoms with Gasteiger partial charge in [-0.15, -0.1) is 0 Å². The Morgan fingerprint density at radius 2 is 1.74 bits per heavy atom. The summed E-state index contributed by atoms with van der Waals surface area (Å²) in [6, 6.07) is 14.4. The lowest BCUT2D eigenvalue weighted by Crippen LogP contribution is -2.28. The highest BCUT2D eigenvalue weighted by Gasteiger charge is 2.20. The quantitative estimate of drug-likeness (QED) is 0.252. The molecule has 0 spiro atoms. The normalized spacial score (nSPS) is 12.0. The van der Waals surface area contributed by atoms with E-state index in [1.807, 2.05) is 12.1 Å². The maximum Gasteiger partial charge on any atom is 0.287 e. The van der Waals surface area contributed by atoms with E-state index < -0.39 is 29.3 Å². The summed E-state index contributed by atoms with van der Waals surface area (Å²) in [5, 5.41) is 22.3. The maximum absolute atomic E-state index is 14.9. The standard InChI is InChI=1S/C31H33FN6O4/c1-17-21(12-13-22(32)26(17)35-28(40)18-7-10-20(11-8-18)31(2,3)4)23-15-24(29(41)37-36-23)34-25-14-9-19(16-33-25)27(39)30(42)38(5)6/h7-16,27,39H,1-6H3,(H,35,40)(H,37,41)(H,33,34,36). The molecule has 4 rings (SSSR count). The SMILES string of the molecule is Cc1c(-c2cc(Nc3ccc(C(O)C(=O)N(C)C)cn3)c(=O)[nH]n2)ccc(F)c1NC(=O)c1ccc(C(C)(C)C)cc1. The Bertz CT molecular complexity index is 1680. The van der Waals surface area contributed by atoms with E-state index in [-0.39, 0.29) is 22.6 Å². The summed E-state index contributed by atoms with van der Waals surface area (Å²) in [6.07, 6.45) is -0.0306. The number of anilines is 3. The number of likely N-dealkylation sites (N-methyl/N-ethyl adjacent to an activating group) is 1. The minimum atomic E-state index is -1.36. The Morgan fingerprint density at radius 3 is 2.33 bits per heavy atom. The van der Waals surface area contributed by atoms with Gasteiger partial charge in [-0.3, -0.25) is 14.4 Å². The number of aromatic amines is 1.